The van der Waals surface area contributed by atoms with E-state index in [0.717, 1.165) is 19.7 Å². The Kier molecular flexibility index (Phi) is 6.06. The molecule has 1 aliphatic rings. The van der Waals surface area contributed by atoms with Crippen LogP contribution >= 0.6 is 43.2 Å². The van der Waals surface area contributed by atoms with Crippen molar-refractivity contribution in [2.24, 2.45) is 0 Å². The molecule has 1 aliphatic heterocycles. The van der Waals surface area contributed by atoms with E-state index in [1.165, 1.54) is 32.1 Å². The van der Waals surface area contributed by atoms with Gasteiger partial charge >= 0.3 is 0 Å². The summed E-state index contributed by atoms with van der Waals surface area (Å²) in [6.07, 6.45) is 6.19. The minimum Gasteiger partial charge on any atom is -0.293 e. The molecule has 0 N–H and O–H groups in total. The molecule has 0 aromatic carbocycles. The van der Waals surface area contributed by atoms with Crippen LogP contribution in [0.1, 0.15) is 49.4 Å². The maximum atomic E-state index is 12.4. The minimum absolute atomic E-state index is 0.233. The lowest BCUT2D eigenvalue weighted by Gasteiger charge is -2.35. The third kappa shape index (κ3) is 4.13. The van der Waals surface area contributed by atoms with Gasteiger partial charge in [-0.2, -0.15) is 0 Å². The molecule has 0 radical (unpaired) electrons. The first-order chi connectivity index (χ1) is 9.11. The lowest BCUT2D eigenvalue weighted by atomic mass is 9.97. The van der Waals surface area contributed by atoms with Gasteiger partial charge in [0.1, 0.15) is 0 Å². The van der Waals surface area contributed by atoms with Crippen LogP contribution in [0.15, 0.2) is 13.6 Å². The third-order valence-electron chi connectivity index (χ3n) is 3.67. The summed E-state index contributed by atoms with van der Waals surface area (Å²) in [7, 11) is 0. The SMILES string of the molecule is CCCC1CCCCN1CC(=O)c1cc(Br)sc1Br. The Balaban J connectivity index is 2.02. The molecule has 5 heteroatoms. The molecule has 0 aliphatic carbocycles. The summed E-state index contributed by atoms with van der Waals surface area (Å²) in [4.78, 5) is 14.8. The van der Waals surface area contributed by atoms with E-state index in [-0.39, 0.29) is 5.78 Å². The van der Waals surface area contributed by atoms with Crippen LogP contribution in [0.25, 0.3) is 0 Å². The third-order valence-corrected chi connectivity index (χ3v) is 6.01. The van der Waals surface area contributed by atoms with Crippen molar-refractivity contribution in [3.05, 3.63) is 19.2 Å². The lowest BCUT2D eigenvalue weighted by Crippen LogP contribution is -2.42. The van der Waals surface area contributed by atoms with Crippen molar-refractivity contribution in [2.75, 3.05) is 13.1 Å². The van der Waals surface area contributed by atoms with Crippen molar-refractivity contribution < 1.29 is 4.79 Å². The number of hydrogen-bond acceptors (Lipinski definition) is 3. The van der Waals surface area contributed by atoms with E-state index < -0.39 is 0 Å². The van der Waals surface area contributed by atoms with Crippen molar-refractivity contribution in [1.82, 2.24) is 4.90 Å². The van der Waals surface area contributed by atoms with Crippen molar-refractivity contribution >= 4 is 49.0 Å². The lowest BCUT2D eigenvalue weighted by molar-refractivity contribution is 0.0831. The molecular weight excluding hydrogens is 390 g/mol. The molecule has 1 atom stereocenters. The largest absolute Gasteiger partial charge is 0.293 e. The van der Waals surface area contributed by atoms with Crippen molar-refractivity contribution in [1.29, 1.82) is 0 Å². The van der Waals surface area contributed by atoms with Crippen molar-refractivity contribution in [3.63, 3.8) is 0 Å². The first kappa shape index (κ1) is 15.7. The van der Waals surface area contributed by atoms with E-state index in [1.807, 2.05) is 6.07 Å². The molecular formula is C14H19Br2NOS. The zero-order chi connectivity index (χ0) is 13.8. The molecule has 1 fully saturated rings. The molecule has 0 bridgehead atoms. The molecule has 1 saturated heterocycles. The summed E-state index contributed by atoms with van der Waals surface area (Å²) in [5, 5.41) is 0. The Morgan fingerprint density at radius 3 is 2.89 bits per heavy atom. The van der Waals surface area contributed by atoms with Crippen LogP contribution in [0.4, 0.5) is 0 Å². The van der Waals surface area contributed by atoms with Gasteiger partial charge < -0.3 is 0 Å². The second kappa shape index (κ2) is 7.34. The highest BCUT2D eigenvalue weighted by Gasteiger charge is 2.25. The van der Waals surface area contributed by atoms with Gasteiger partial charge in [-0.25, -0.2) is 0 Å². The average Bonchev–Trinajstić information content (AvgIpc) is 2.71. The van der Waals surface area contributed by atoms with E-state index in [4.69, 9.17) is 0 Å². The fourth-order valence-corrected chi connectivity index (χ4v) is 5.58. The first-order valence-corrected chi connectivity index (χ1v) is 9.24. The maximum Gasteiger partial charge on any atom is 0.178 e. The number of piperidine rings is 1. The number of likely N-dealkylation sites (tertiary alicyclic amines) is 1. The number of carbonyl (C=O) groups is 1. The second-order valence-electron chi connectivity index (χ2n) is 5.07. The molecule has 2 rings (SSSR count). The molecule has 0 amide bonds. The Hall–Kier alpha value is 0.290. The number of ketones is 1. The number of nitrogens with zero attached hydrogens (tertiary/aromatic N) is 1. The van der Waals surface area contributed by atoms with Crippen LogP contribution in [0.3, 0.4) is 0 Å². The smallest absolute Gasteiger partial charge is 0.178 e. The maximum absolute atomic E-state index is 12.4. The van der Waals surface area contributed by atoms with Gasteiger partial charge in [0, 0.05) is 11.6 Å². The van der Waals surface area contributed by atoms with Crippen LogP contribution in [-0.4, -0.2) is 29.8 Å². The topological polar surface area (TPSA) is 20.3 Å². The summed E-state index contributed by atoms with van der Waals surface area (Å²) in [5.41, 5.74) is 0.817. The predicted octanol–water partition coefficient (Wildman–Crippen LogP) is 5.11. The monoisotopic (exact) mass is 407 g/mol. The molecule has 1 aromatic heterocycles. The number of thiophene rings is 1. The molecule has 1 unspecified atom stereocenters. The fourth-order valence-electron chi connectivity index (χ4n) is 2.73. The zero-order valence-corrected chi connectivity index (χ0v) is 15.1. The standard InChI is InChI=1S/C14H19Br2NOS/c1-2-5-10-6-3-4-7-17(10)9-12(18)11-8-13(15)19-14(11)16/h8,10H,2-7,9H2,1H3. The summed E-state index contributed by atoms with van der Waals surface area (Å²) >= 11 is 8.48. The quantitative estimate of drug-likeness (QED) is 0.630. The van der Waals surface area contributed by atoms with Gasteiger partial charge in [-0.1, -0.05) is 19.8 Å². The predicted molar refractivity (Wildman–Crippen MR) is 88.2 cm³/mol. The van der Waals surface area contributed by atoms with Crippen molar-refractivity contribution in [3.8, 4) is 0 Å². The summed E-state index contributed by atoms with van der Waals surface area (Å²) in [6.45, 7) is 3.85. The van der Waals surface area contributed by atoms with Gasteiger partial charge in [0.05, 0.1) is 14.1 Å². The van der Waals surface area contributed by atoms with Crippen LogP contribution < -0.4 is 0 Å². The van der Waals surface area contributed by atoms with Crippen LogP contribution in [0.5, 0.6) is 0 Å². The normalized spacial score (nSPS) is 20.7. The summed E-state index contributed by atoms with van der Waals surface area (Å²) in [6, 6.07) is 2.53. The van der Waals surface area contributed by atoms with E-state index in [0.29, 0.717) is 12.6 Å². The van der Waals surface area contributed by atoms with Crippen molar-refractivity contribution in [2.45, 2.75) is 45.1 Å². The van der Waals surface area contributed by atoms with Crippen LogP contribution in [-0.2, 0) is 0 Å². The van der Waals surface area contributed by atoms with E-state index >= 15 is 0 Å². The first-order valence-electron chi connectivity index (χ1n) is 6.84. The molecule has 2 heterocycles. The highest BCUT2D eigenvalue weighted by atomic mass is 79.9. The van der Waals surface area contributed by atoms with Crippen LogP contribution in [0, 0.1) is 0 Å². The summed E-state index contributed by atoms with van der Waals surface area (Å²) < 4.78 is 1.94. The van der Waals surface area contributed by atoms with Gasteiger partial charge in [-0.15, -0.1) is 11.3 Å². The minimum atomic E-state index is 0.233. The Morgan fingerprint density at radius 1 is 1.47 bits per heavy atom. The fraction of sp³-hybridized carbons (Fsp3) is 0.643. The Labute approximate surface area is 135 Å². The zero-order valence-electron chi connectivity index (χ0n) is 11.1. The van der Waals surface area contributed by atoms with Gasteiger partial charge in [0.25, 0.3) is 0 Å². The molecule has 1 aromatic rings. The van der Waals surface area contributed by atoms with E-state index in [1.54, 1.807) is 11.3 Å². The molecule has 2 nitrogen and oxygen atoms in total. The Morgan fingerprint density at radius 2 is 2.26 bits per heavy atom. The summed E-state index contributed by atoms with van der Waals surface area (Å²) in [5.74, 6) is 0.233. The molecule has 0 saturated carbocycles. The van der Waals surface area contributed by atoms with Gasteiger partial charge in [-0.3, -0.25) is 9.69 Å². The molecule has 106 valence electrons. The number of Topliss-reactive ketones (excluding diaryl/α,β-unsaturated/α-hetero) is 1. The van der Waals surface area contributed by atoms with E-state index in [9.17, 15) is 4.79 Å². The number of halogens is 2. The second-order valence-corrected chi connectivity index (χ2v) is 8.82. The highest BCUT2D eigenvalue weighted by molar-refractivity contribution is 9.12. The molecule has 0 spiro atoms. The number of hydrogen-bond donors (Lipinski definition) is 0. The van der Waals surface area contributed by atoms with E-state index in [2.05, 4.69) is 43.7 Å². The Bertz CT molecular complexity index is 445. The average molecular weight is 409 g/mol. The molecule has 19 heavy (non-hydrogen) atoms. The number of carbonyl (C=O) groups excluding carboxylic acids is 1. The van der Waals surface area contributed by atoms with Gasteiger partial charge in [0.2, 0.25) is 0 Å². The van der Waals surface area contributed by atoms with Crippen LogP contribution in [0.2, 0.25) is 0 Å². The number of rotatable bonds is 5. The van der Waals surface area contributed by atoms with Gasteiger partial charge in [-0.05, 0) is 63.7 Å². The van der Waals surface area contributed by atoms with Gasteiger partial charge in [0.15, 0.2) is 5.78 Å². The highest BCUT2D eigenvalue weighted by Crippen LogP contribution is 2.32.